The summed E-state index contributed by atoms with van der Waals surface area (Å²) >= 11 is 0. The summed E-state index contributed by atoms with van der Waals surface area (Å²) in [5, 5.41) is 19.1. The van der Waals surface area contributed by atoms with Crippen LogP contribution in [-0.2, 0) is 0 Å². The molecule has 0 spiro atoms. The third kappa shape index (κ3) is 3.49. The van der Waals surface area contributed by atoms with Crippen LogP contribution >= 0.6 is 0 Å². The Bertz CT molecular complexity index is 559. The Kier molecular flexibility index (Phi) is 4.06. The number of halogens is 5. The smallest absolute Gasteiger partial charge is 0.476 e. The number of nitro groups is 1. The second kappa shape index (κ2) is 5.22. The highest BCUT2D eigenvalue weighted by atomic mass is 19.4. The van der Waals surface area contributed by atoms with Gasteiger partial charge in [-0.1, -0.05) is 0 Å². The van der Waals surface area contributed by atoms with Gasteiger partial charge >= 0.3 is 23.9 Å². The van der Waals surface area contributed by atoms with Crippen molar-refractivity contribution >= 4 is 11.7 Å². The van der Waals surface area contributed by atoms with Crippen LogP contribution in [0.2, 0.25) is 0 Å². The highest BCUT2D eigenvalue weighted by Gasteiger charge is 2.37. The van der Waals surface area contributed by atoms with Crippen LogP contribution in [-0.4, -0.2) is 27.3 Å². The largest absolute Gasteiger partial charge is 0.574 e. The van der Waals surface area contributed by atoms with Crippen LogP contribution in [0, 0.1) is 10.1 Å². The molecule has 0 fully saturated rings. The third-order valence-electron chi connectivity index (χ3n) is 1.84. The molecular weight excluding hydrogens is 299 g/mol. The molecule has 0 saturated heterocycles. The minimum Gasteiger partial charge on any atom is -0.476 e. The van der Waals surface area contributed by atoms with Crippen molar-refractivity contribution in [1.29, 1.82) is 0 Å². The molecule has 0 radical (unpaired) electrons. The van der Waals surface area contributed by atoms with Crippen LogP contribution in [0.3, 0.4) is 0 Å². The topological polar surface area (TPSA) is 103 Å². The number of ether oxygens (including phenoxy) is 1. The molecule has 0 bridgehead atoms. The van der Waals surface area contributed by atoms with E-state index < -0.39 is 46.5 Å². The van der Waals surface area contributed by atoms with Gasteiger partial charge in [0.25, 0.3) is 6.43 Å². The molecule has 0 aromatic carbocycles. The van der Waals surface area contributed by atoms with E-state index in [1.165, 1.54) is 0 Å². The molecule has 1 heterocycles. The first-order valence-corrected chi connectivity index (χ1v) is 4.49. The van der Waals surface area contributed by atoms with Crippen molar-refractivity contribution in [1.82, 2.24) is 4.98 Å². The highest BCUT2D eigenvalue weighted by Crippen LogP contribution is 2.34. The van der Waals surface area contributed by atoms with E-state index >= 15 is 0 Å². The molecule has 12 heteroatoms. The lowest BCUT2D eigenvalue weighted by molar-refractivity contribution is -0.389. The summed E-state index contributed by atoms with van der Waals surface area (Å²) in [5.74, 6) is -3.81. The molecule has 7 nitrogen and oxygen atoms in total. The summed E-state index contributed by atoms with van der Waals surface area (Å²) < 4.78 is 64.2. The van der Waals surface area contributed by atoms with E-state index in [4.69, 9.17) is 5.11 Å². The lowest BCUT2D eigenvalue weighted by atomic mass is 10.2. The van der Waals surface area contributed by atoms with Gasteiger partial charge in [0, 0.05) is 6.07 Å². The molecular formula is C8H3F5N2O5. The van der Waals surface area contributed by atoms with Crippen LogP contribution in [0.15, 0.2) is 6.07 Å². The molecule has 0 amide bonds. The number of carboxylic acids is 1. The molecule has 0 saturated carbocycles. The lowest BCUT2D eigenvalue weighted by Gasteiger charge is -2.10. The minimum absolute atomic E-state index is 0.0256. The first-order chi connectivity index (χ1) is 9.03. The Hall–Kier alpha value is -2.53. The van der Waals surface area contributed by atoms with Crippen LogP contribution < -0.4 is 4.74 Å². The number of nitrogens with zero attached hydrogens (tertiary/aromatic N) is 2. The summed E-state index contributed by atoms with van der Waals surface area (Å²) in [4.78, 5) is 22.3. The number of aromatic nitrogens is 1. The molecule has 0 unspecified atom stereocenters. The van der Waals surface area contributed by atoms with Gasteiger partial charge in [-0.15, -0.1) is 13.2 Å². The van der Waals surface area contributed by atoms with Crippen LogP contribution in [0.4, 0.5) is 27.6 Å². The van der Waals surface area contributed by atoms with Gasteiger partial charge in [-0.25, -0.2) is 13.6 Å². The summed E-state index contributed by atoms with van der Waals surface area (Å²) in [5.41, 5.74) is -4.38. The van der Waals surface area contributed by atoms with Crippen molar-refractivity contribution < 1.29 is 41.5 Å². The van der Waals surface area contributed by atoms with Gasteiger partial charge in [-0.3, -0.25) is 10.1 Å². The van der Waals surface area contributed by atoms with Crippen molar-refractivity contribution in [3.8, 4) is 5.88 Å². The normalized spacial score (nSPS) is 11.5. The van der Waals surface area contributed by atoms with Gasteiger partial charge < -0.3 is 9.84 Å². The van der Waals surface area contributed by atoms with E-state index in [9.17, 15) is 36.9 Å². The Morgan fingerprint density at radius 3 is 2.35 bits per heavy atom. The predicted molar refractivity (Wildman–Crippen MR) is 49.5 cm³/mol. The quantitative estimate of drug-likeness (QED) is 0.521. The van der Waals surface area contributed by atoms with E-state index in [1.807, 2.05) is 0 Å². The van der Waals surface area contributed by atoms with Crippen molar-refractivity contribution in [3.63, 3.8) is 0 Å². The number of carboxylic acid groups (broad SMARTS) is 1. The van der Waals surface area contributed by atoms with E-state index in [0.717, 1.165) is 0 Å². The van der Waals surface area contributed by atoms with E-state index in [2.05, 4.69) is 9.72 Å². The molecule has 1 aromatic rings. The molecule has 110 valence electrons. The molecule has 0 aliphatic rings. The number of alkyl halides is 5. The fourth-order valence-corrected chi connectivity index (χ4v) is 1.15. The maximum absolute atomic E-state index is 12.5. The van der Waals surface area contributed by atoms with E-state index in [0.29, 0.717) is 0 Å². The number of hydrogen-bond acceptors (Lipinski definition) is 5. The van der Waals surface area contributed by atoms with Crippen LogP contribution in [0.1, 0.15) is 22.5 Å². The van der Waals surface area contributed by atoms with Gasteiger partial charge in [-0.2, -0.15) is 4.98 Å². The number of hydrogen-bond donors (Lipinski definition) is 1. The van der Waals surface area contributed by atoms with E-state index in [-0.39, 0.29) is 6.07 Å². The zero-order valence-corrected chi connectivity index (χ0v) is 9.02. The van der Waals surface area contributed by atoms with Gasteiger partial charge in [-0.05, 0) is 0 Å². The molecule has 20 heavy (non-hydrogen) atoms. The molecule has 1 aromatic heterocycles. The van der Waals surface area contributed by atoms with E-state index in [1.54, 1.807) is 0 Å². The highest BCUT2D eigenvalue weighted by molar-refractivity contribution is 5.88. The zero-order valence-electron chi connectivity index (χ0n) is 9.02. The Morgan fingerprint density at radius 1 is 1.45 bits per heavy atom. The maximum atomic E-state index is 12.5. The van der Waals surface area contributed by atoms with Crippen molar-refractivity contribution in [2.75, 3.05) is 0 Å². The molecule has 1 rings (SSSR count). The monoisotopic (exact) mass is 302 g/mol. The first-order valence-electron chi connectivity index (χ1n) is 4.49. The van der Waals surface area contributed by atoms with Crippen LogP contribution in [0.5, 0.6) is 5.88 Å². The third-order valence-corrected chi connectivity index (χ3v) is 1.84. The molecule has 0 aliphatic heterocycles. The molecule has 0 atom stereocenters. The van der Waals surface area contributed by atoms with Crippen molar-refractivity contribution in [2.45, 2.75) is 12.8 Å². The van der Waals surface area contributed by atoms with Crippen LogP contribution in [0.25, 0.3) is 0 Å². The zero-order chi connectivity index (χ0) is 15.7. The molecule has 1 N–H and O–H groups in total. The van der Waals surface area contributed by atoms with Gasteiger partial charge in [0.1, 0.15) is 0 Å². The second-order valence-corrected chi connectivity index (χ2v) is 3.16. The number of carbonyl (C=O) groups is 1. The predicted octanol–water partition coefficient (Wildman–Crippen LogP) is 2.52. The Balaban J connectivity index is 3.53. The van der Waals surface area contributed by atoms with Crippen molar-refractivity contribution in [2.24, 2.45) is 0 Å². The van der Waals surface area contributed by atoms with Crippen molar-refractivity contribution in [3.05, 3.63) is 27.4 Å². The standard InChI is InChI=1S/C8H3F5N2O5/c9-5(10)2-1-3(15(18)19)6(20-8(11,12)13)14-4(2)7(16)17/h1,5H,(H,16,17). The summed E-state index contributed by atoms with van der Waals surface area (Å²) in [7, 11) is 0. The minimum atomic E-state index is -5.40. The summed E-state index contributed by atoms with van der Waals surface area (Å²) in [6.07, 6.45) is -8.88. The number of aromatic carboxylic acids is 1. The van der Waals surface area contributed by atoms with Gasteiger partial charge in [0.15, 0.2) is 5.69 Å². The first kappa shape index (κ1) is 15.5. The maximum Gasteiger partial charge on any atom is 0.574 e. The van der Waals surface area contributed by atoms with Gasteiger partial charge in [0.05, 0.1) is 10.5 Å². The lowest BCUT2D eigenvalue weighted by Crippen LogP contribution is -2.20. The Labute approximate surface area is 105 Å². The summed E-state index contributed by atoms with van der Waals surface area (Å²) in [6.45, 7) is 0. The summed E-state index contributed by atoms with van der Waals surface area (Å²) in [6, 6.07) is -0.0256. The second-order valence-electron chi connectivity index (χ2n) is 3.16. The number of pyridine rings is 1. The van der Waals surface area contributed by atoms with Gasteiger partial charge in [0.2, 0.25) is 0 Å². The Morgan fingerprint density at radius 2 is 2.00 bits per heavy atom. The fourth-order valence-electron chi connectivity index (χ4n) is 1.15. The SMILES string of the molecule is O=C(O)c1nc(OC(F)(F)F)c([N+](=O)[O-])cc1C(F)F. The average Bonchev–Trinajstić information content (AvgIpc) is 2.25. The molecule has 0 aliphatic carbocycles. The average molecular weight is 302 g/mol. The fraction of sp³-hybridized carbons (Fsp3) is 0.250. The number of rotatable bonds is 4.